The normalized spacial score (nSPS) is 33.4. The standard InChI is InChI=1S/C46H48N2O6/c1-43-17-15-39(49)45(3,41(51)52)37(43)13-9-24-19-33-29(22-31(24)43)27-12-11-26(21-34(27)47-33)48-35-8-6-5-7-28(35)30-23-32-25(20-36(30)48)10-14-38-44(32,2)18-16-40(50)46(38,4)42(53)54/h5-8,11-12,19-23,37-40,47,49-50H,9-10,13-18H2,1-4H3,(H,51,52)(H,53,54)/t37-,38+,39-,40-,43+,44-,45-,46-/m0/s1. The molecule has 2 heterocycles. The van der Waals surface area contributed by atoms with Crippen molar-refractivity contribution in [3.63, 3.8) is 0 Å². The van der Waals surface area contributed by atoms with Crippen molar-refractivity contribution in [3.05, 3.63) is 89.0 Å². The second kappa shape index (κ2) is 11.0. The maximum atomic E-state index is 12.7. The number of aromatic amines is 1. The summed E-state index contributed by atoms with van der Waals surface area (Å²) in [5, 5.41) is 47.3. The third kappa shape index (κ3) is 4.11. The Labute approximate surface area is 313 Å². The average Bonchev–Trinajstić information content (AvgIpc) is 3.67. The quantitative estimate of drug-likeness (QED) is 0.124. The molecule has 2 saturated carbocycles. The Kier molecular flexibility index (Phi) is 6.89. The molecule has 8 atom stereocenters. The van der Waals surface area contributed by atoms with Crippen molar-refractivity contribution >= 4 is 55.6 Å². The molecule has 6 aromatic rings. The van der Waals surface area contributed by atoms with Crippen molar-refractivity contribution in [1.82, 2.24) is 9.55 Å². The van der Waals surface area contributed by atoms with E-state index in [1.165, 1.54) is 22.3 Å². The number of aromatic nitrogens is 2. The molecule has 278 valence electrons. The molecule has 2 fully saturated rings. The number of rotatable bonds is 3. The molecule has 2 aromatic heterocycles. The van der Waals surface area contributed by atoms with Gasteiger partial charge in [-0.25, -0.2) is 0 Å². The van der Waals surface area contributed by atoms with Gasteiger partial charge in [-0.15, -0.1) is 0 Å². The number of nitrogens with zero attached hydrogens (tertiary/aromatic N) is 1. The summed E-state index contributed by atoms with van der Waals surface area (Å²) in [6.07, 6.45) is 3.72. The topological polar surface area (TPSA) is 136 Å². The van der Waals surface area contributed by atoms with Gasteiger partial charge < -0.3 is 30.0 Å². The van der Waals surface area contributed by atoms with E-state index in [1.807, 2.05) is 0 Å². The average molecular weight is 725 g/mol. The molecule has 0 aliphatic heterocycles. The molecule has 0 spiro atoms. The number of nitrogens with one attached hydrogen (secondary N) is 1. The third-order valence-corrected chi connectivity index (χ3v) is 15.8. The first-order valence-electron chi connectivity index (χ1n) is 19.7. The number of H-pyrrole nitrogens is 1. The third-order valence-electron chi connectivity index (χ3n) is 15.8. The summed E-state index contributed by atoms with van der Waals surface area (Å²) in [5.41, 5.74) is 7.26. The Morgan fingerprint density at radius 1 is 0.630 bits per heavy atom. The van der Waals surface area contributed by atoms with Gasteiger partial charge in [0.05, 0.1) is 34.1 Å². The minimum Gasteiger partial charge on any atom is -0.481 e. The van der Waals surface area contributed by atoms with Crippen LogP contribution in [-0.2, 0) is 33.3 Å². The van der Waals surface area contributed by atoms with E-state index in [-0.39, 0.29) is 22.7 Å². The second-order valence-electron chi connectivity index (χ2n) is 18.1. The predicted molar refractivity (Wildman–Crippen MR) is 210 cm³/mol. The smallest absolute Gasteiger partial charge is 0.312 e. The highest BCUT2D eigenvalue weighted by molar-refractivity contribution is 6.11. The number of para-hydroxylation sites is 1. The lowest BCUT2D eigenvalue weighted by Gasteiger charge is -2.55. The Morgan fingerprint density at radius 2 is 1.19 bits per heavy atom. The first-order valence-corrected chi connectivity index (χ1v) is 19.7. The Hall–Kier alpha value is -4.66. The maximum Gasteiger partial charge on any atom is 0.312 e. The number of carbonyl (C=O) groups is 2. The van der Waals surface area contributed by atoms with E-state index in [0.29, 0.717) is 12.8 Å². The number of aliphatic carboxylic acids is 2. The molecule has 54 heavy (non-hydrogen) atoms. The van der Waals surface area contributed by atoms with Gasteiger partial charge in [-0.2, -0.15) is 0 Å². The molecule has 8 heteroatoms. The predicted octanol–water partition coefficient (Wildman–Crippen LogP) is 8.55. The SMILES string of the molecule is C[C@]1(C(=O)O)[C@H]2CCc3cc4[nH]c5cc(-n6c7ccccc7c7cc8c(cc76)CC[C@H]6[C@](C)(C(=O)O)[C@@H](O)CC[C@@]86C)ccc5c4cc3[C@@]2(C)CC[C@@H]1O. The van der Waals surface area contributed by atoms with E-state index in [4.69, 9.17) is 0 Å². The van der Waals surface area contributed by atoms with Gasteiger partial charge in [-0.3, -0.25) is 9.59 Å². The van der Waals surface area contributed by atoms with E-state index in [0.717, 1.165) is 87.8 Å². The van der Waals surface area contributed by atoms with Gasteiger partial charge in [0.15, 0.2) is 0 Å². The lowest BCUT2D eigenvalue weighted by molar-refractivity contribution is -0.172. The Morgan fingerprint density at radius 3 is 1.80 bits per heavy atom. The number of benzene rings is 4. The van der Waals surface area contributed by atoms with Gasteiger partial charge in [0.2, 0.25) is 0 Å². The van der Waals surface area contributed by atoms with Crippen molar-refractivity contribution in [3.8, 4) is 5.69 Å². The fourth-order valence-corrected chi connectivity index (χ4v) is 12.6. The van der Waals surface area contributed by atoms with Crippen molar-refractivity contribution < 1.29 is 30.0 Å². The fraction of sp³-hybridized carbons (Fsp3) is 0.435. The van der Waals surface area contributed by atoms with E-state index in [2.05, 4.69) is 90.1 Å². The number of carboxylic acids is 2. The van der Waals surface area contributed by atoms with Gasteiger partial charge in [0.25, 0.3) is 0 Å². The highest BCUT2D eigenvalue weighted by Crippen LogP contribution is 2.59. The van der Waals surface area contributed by atoms with E-state index < -0.39 is 35.0 Å². The lowest BCUT2D eigenvalue weighted by Crippen LogP contribution is -2.58. The molecule has 0 bridgehead atoms. The summed E-state index contributed by atoms with van der Waals surface area (Å²) < 4.78 is 2.35. The van der Waals surface area contributed by atoms with Crippen LogP contribution in [0.2, 0.25) is 0 Å². The number of aliphatic hydroxyl groups is 2. The Balaban J connectivity index is 1.11. The maximum absolute atomic E-state index is 12.7. The molecule has 0 unspecified atom stereocenters. The van der Waals surface area contributed by atoms with Crippen LogP contribution >= 0.6 is 0 Å². The molecule has 0 amide bonds. The van der Waals surface area contributed by atoms with Crippen LogP contribution in [0.1, 0.15) is 88.5 Å². The second-order valence-corrected chi connectivity index (χ2v) is 18.1. The highest BCUT2D eigenvalue weighted by Gasteiger charge is 2.60. The molecule has 8 nitrogen and oxygen atoms in total. The first-order chi connectivity index (χ1) is 25.7. The molecule has 4 aliphatic rings. The van der Waals surface area contributed by atoms with Crippen LogP contribution in [0.25, 0.3) is 49.3 Å². The molecule has 0 saturated heterocycles. The van der Waals surface area contributed by atoms with Crippen molar-refractivity contribution in [1.29, 1.82) is 0 Å². The summed E-state index contributed by atoms with van der Waals surface area (Å²) in [5.74, 6) is -2.14. The van der Waals surface area contributed by atoms with Crippen LogP contribution < -0.4 is 0 Å². The Bertz CT molecular complexity index is 2620. The molecule has 4 aliphatic carbocycles. The van der Waals surface area contributed by atoms with Crippen LogP contribution in [0.15, 0.2) is 66.7 Å². The number of aryl methyl sites for hydroxylation is 2. The molecular formula is C46H48N2O6. The van der Waals surface area contributed by atoms with Gasteiger partial charge in [0.1, 0.15) is 0 Å². The number of hydrogen-bond acceptors (Lipinski definition) is 4. The van der Waals surface area contributed by atoms with Crippen molar-refractivity contribution in [2.75, 3.05) is 0 Å². The number of fused-ring (bicyclic) bond motifs is 12. The molecular weight excluding hydrogens is 677 g/mol. The zero-order valence-electron chi connectivity index (χ0n) is 31.4. The summed E-state index contributed by atoms with van der Waals surface area (Å²) in [6, 6.07) is 24.4. The zero-order chi connectivity index (χ0) is 37.7. The van der Waals surface area contributed by atoms with E-state index in [9.17, 15) is 30.0 Å². The summed E-state index contributed by atoms with van der Waals surface area (Å²) in [4.78, 5) is 29.1. The van der Waals surface area contributed by atoms with E-state index >= 15 is 0 Å². The first kappa shape index (κ1) is 33.9. The van der Waals surface area contributed by atoms with Gasteiger partial charge >= 0.3 is 11.9 Å². The number of aliphatic hydroxyl groups excluding tert-OH is 2. The molecule has 0 radical (unpaired) electrons. The fourth-order valence-electron chi connectivity index (χ4n) is 12.6. The zero-order valence-corrected chi connectivity index (χ0v) is 31.4. The minimum atomic E-state index is -1.20. The van der Waals surface area contributed by atoms with Crippen molar-refractivity contribution in [2.45, 2.75) is 102 Å². The van der Waals surface area contributed by atoms with Crippen LogP contribution in [-0.4, -0.2) is 54.1 Å². The van der Waals surface area contributed by atoms with E-state index in [1.54, 1.807) is 13.8 Å². The molecule has 5 N–H and O–H groups in total. The summed E-state index contributed by atoms with van der Waals surface area (Å²) in [7, 11) is 0. The largest absolute Gasteiger partial charge is 0.481 e. The van der Waals surface area contributed by atoms with Gasteiger partial charge in [0, 0.05) is 38.3 Å². The number of hydrogen-bond donors (Lipinski definition) is 5. The van der Waals surface area contributed by atoms with Crippen LogP contribution in [0, 0.1) is 22.7 Å². The van der Waals surface area contributed by atoms with Crippen molar-refractivity contribution in [2.24, 2.45) is 22.7 Å². The van der Waals surface area contributed by atoms with Gasteiger partial charge in [-0.05, 0) is 153 Å². The van der Waals surface area contributed by atoms with Gasteiger partial charge in [-0.1, -0.05) is 38.1 Å². The molecule has 4 aromatic carbocycles. The summed E-state index contributed by atoms with van der Waals surface area (Å²) >= 11 is 0. The highest BCUT2D eigenvalue weighted by atomic mass is 16.4. The van der Waals surface area contributed by atoms with Crippen LogP contribution in [0.5, 0.6) is 0 Å². The molecule has 10 rings (SSSR count). The minimum absolute atomic E-state index is 0.158. The summed E-state index contributed by atoms with van der Waals surface area (Å²) in [6.45, 7) is 7.93. The van der Waals surface area contributed by atoms with Crippen LogP contribution in [0.3, 0.4) is 0 Å². The monoisotopic (exact) mass is 724 g/mol. The van der Waals surface area contributed by atoms with Crippen LogP contribution in [0.4, 0.5) is 0 Å². The lowest BCUT2D eigenvalue weighted by atomic mass is 9.49. The number of carboxylic acid groups (broad SMARTS) is 2.